The first-order chi connectivity index (χ1) is 8.31. The average Bonchev–Trinajstić information content (AvgIpc) is 2.25. The normalized spacial score (nSPS) is 42.2. The number of aliphatic hydroxyl groups is 1. The number of aliphatic hydroxyl groups excluding tert-OH is 1. The highest BCUT2D eigenvalue weighted by Gasteiger charge is 2.20. The average molecular weight is 199 g/mol. The zero-order chi connectivity index (χ0) is 13.4. The summed E-state index contributed by atoms with van der Waals surface area (Å²) in [7, 11) is 0. The molecule has 1 saturated heterocycles. The first-order valence-electron chi connectivity index (χ1n) is 7.39. The number of nitrogens with zero attached hydrogens (tertiary/aromatic N) is 1. The second-order valence-corrected chi connectivity index (χ2v) is 4.06. The first kappa shape index (κ1) is 6.29. The van der Waals surface area contributed by atoms with Crippen LogP contribution in [-0.4, -0.2) is 35.7 Å². The van der Waals surface area contributed by atoms with Gasteiger partial charge in [0.1, 0.15) is 0 Å². The molecule has 0 bridgehead atoms. The molecule has 0 radical (unpaired) electrons. The van der Waals surface area contributed by atoms with Crippen molar-refractivity contribution in [2.24, 2.45) is 5.92 Å². The van der Waals surface area contributed by atoms with Crippen molar-refractivity contribution in [3.05, 3.63) is 12.2 Å². The van der Waals surface area contributed by atoms with Gasteiger partial charge < -0.3 is 10.0 Å². The number of hydrogen-bond acceptors (Lipinski definition) is 2. The Kier molecular flexibility index (Phi) is 2.22. The van der Waals surface area contributed by atoms with E-state index >= 15 is 0 Å². The number of allylic oxidation sites excluding steroid dienone is 2. The number of rotatable bonds is 2. The summed E-state index contributed by atoms with van der Waals surface area (Å²) in [5.74, 6) is -0.634. The molecule has 1 fully saturated rings. The minimum Gasteiger partial charge on any atom is -0.393 e. The summed E-state index contributed by atoms with van der Waals surface area (Å²) in [5.41, 5.74) is 0. The van der Waals surface area contributed by atoms with Gasteiger partial charge in [0.25, 0.3) is 0 Å². The lowest BCUT2D eigenvalue weighted by atomic mass is 9.93. The molecule has 1 N–H and O–H groups in total. The second kappa shape index (κ2) is 4.94. The molecule has 2 nitrogen and oxygen atoms in total. The van der Waals surface area contributed by atoms with E-state index in [2.05, 4.69) is 4.90 Å². The van der Waals surface area contributed by atoms with Crippen LogP contribution >= 0.6 is 0 Å². The fourth-order valence-corrected chi connectivity index (χ4v) is 1.99. The maximum atomic E-state index is 9.45. The van der Waals surface area contributed by atoms with Crippen LogP contribution in [0.25, 0.3) is 0 Å². The monoisotopic (exact) mass is 199 g/mol. The van der Waals surface area contributed by atoms with Crippen LogP contribution in [0.4, 0.5) is 0 Å². The number of hydrogen-bond donors (Lipinski definition) is 1. The molecule has 1 atom stereocenters. The highest BCUT2D eigenvalue weighted by Crippen LogP contribution is 2.21. The highest BCUT2D eigenvalue weighted by molar-refractivity contribution is 4.91. The van der Waals surface area contributed by atoms with Gasteiger partial charge in [-0.15, -0.1) is 0 Å². The molecule has 2 rings (SSSR count). The Bertz CT molecular complexity index is 324. The summed E-state index contributed by atoms with van der Waals surface area (Å²) >= 11 is 0. The van der Waals surface area contributed by atoms with Crippen LogP contribution in [0.1, 0.15) is 37.5 Å². The molecule has 2 heteroatoms. The lowest BCUT2D eigenvalue weighted by molar-refractivity contribution is 0.0739. The van der Waals surface area contributed by atoms with E-state index in [1.807, 2.05) is 0 Å². The maximum absolute atomic E-state index is 9.45. The third-order valence-electron chi connectivity index (χ3n) is 2.90. The third-order valence-corrected chi connectivity index (χ3v) is 2.90. The standard InChI is InChI=1S/C12H21NO/c14-12-6-8-13(9-7-12)10-11-4-2-1-3-5-11/h1-2,11-12,14H,3-10H2/i4D2,5D2. The van der Waals surface area contributed by atoms with E-state index in [0.717, 1.165) is 13.1 Å². The van der Waals surface area contributed by atoms with Crippen molar-refractivity contribution in [1.82, 2.24) is 4.90 Å². The van der Waals surface area contributed by atoms with Gasteiger partial charge in [0.15, 0.2) is 0 Å². The van der Waals surface area contributed by atoms with Gasteiger partial charge in [-0.2, -0.15) is 0 Å². The van der Waals surface area contributed by atoms with Crippen LogP contribution in [-0.2, 0) is 0 Å². The van der Waals surface area contributed by atoms with Crippen molar-refractivity contribution < 1.29 is 10.6 Å². The number of piperidine rings is 1. The zero-order valence-corrected chi connectivity index (χ0v) is 8.45. The predicted molar refractivity (Wildman–Crippen MR) is 58.2 cm³/mol. The van der Waals surface area contributed by atoms with Gasteiger partial charge in [0.05, 0.1) is 6.10 Å². The van der Waals surface area contributed by atoms with Crippen LogP contribution in [0, 0.1) is 5.92 Å². The van der Waals surface area contributed by atoms with E-state index in [0.29, 0.717) is 19.4 Å². The van der Waals surface area contributed by atoms with E-state index in [1.54, 1.807) is 6.08 Å². The molecular weight excluding hydrogens is 174 g/mol. The Labute approximate surface area is 92.2 Å². The highest BCUT2D eigenvalue weighted by atomic mass is 16.3. The van der Waals surface area contributed by atoms with Crippen molar-refractivity contribution in [3.63, 3.8) is 0 Å². The lowest BCUT2D eigenvalue weighted by Crippen LogP contribution is -2.38. The summed E-state index contributed by atoms with van der Waals surface area (Å²) in [6, 6.07) is 0. The summed E-state index contributed by atoms with van der Waals surface area (Å²) in [4.78, 5) is 2.08. The van der Waals surface area contributed by atoms with Gasteiger partial charge in [-0.3, -0.25) is 0 Å². The van der Waals surface area contributed by atoms with E-state index in [1.165, 1.54) is 6.08 Å². The predicted octanol–water partition coefficient (Wildman–Crippen LogP) is 1.80. The van der Waals surface area contributed by atoms with Crippen LogP contribution in [0.3, 0.4) is 0 Å². The van der Waals surface area contributed by atoms with Gasteiger partial charge in [-0.25, -0.2) is 0 Å². The maximum Gasteiger partial charge on any atom is 0.0564 e. The van der Waals surface area contributed by atoms with Crippen LogP contribution in [0.15, 0.2) is 12.2 Å². The summed E-state index contributed by atoms with van der Waals surface area (Å²) < 4.78 is 31.9. The zero-order valence-electron chi connectivity index (χ0n) is 12.4. The molecule has 80 valence electrons. The molecule has 2 aliphatic rings. The lowest BCUT2D eigenvalue weighted by Gasteiger charge is -2.32. The van der Waals surface area contributed by atoms with Gasteiger partial charge in [0.2, 0.25) is 0 Å². The van der Waals surface area contributed by atoms with Crippen LogP contribution < -0.4 is 0 Å². The van der Waals surface area contributed by atoms with Gasteiger partial charge in [0, 0.05) is 25.1 Å². The Morgan fingerprint density at radius 2 is 2.14 bits per heavy atom. The molecule has 14 heavy (non-hydrogen) atoms. The summed E-state index contributed by atoms with van der Waals surface area (Å²) in [6.07, 6.45) is 1.47. The van der Waals surface area contributed by atoms with Crippen molar-refractivity contribution in [2.45, 2.75) is 38.1 Å². The Morgan fingerprint density at radius 3 is 2.86 bits per heavy atom. The first-order valence-corrected chi connectivity index (χ1v) is 5.39. The van der Waals surface area contributed by atoms with Crippen molar-refractivity contribution >= 4 is 0 Å². The van der Waals surface area contributed by atoms with Gasteiger partial charge >= 0.3 is 0 Å². The van der Waals surface area contributed by atoms with E-state index in [9.17, 15) is 5.11 Å². The fraction of sp³-hybridized carbons (Fsp3) is 0.833. The molecule has 1 aliphatic heterocycles. The molecular formula is C12H21NO. The van der Waals surface area contributed by atoms with E-state index < -0.39 is 18.7 Å². The molecule has 1 unspecified atom stereocenters. The molecule has 0 aromatic rings. The molecule has 1 heterocycles. The van der Waals surface area contributed by atoms with Crippen LogP contribution in [0.2, 0.25) is 0 Å². The topological polar surface area (TPSA) is 23.5 Å². The summed E-state index contributed by atoms with van der Waals surface area (Å²) in [6.45, 7) is 1.89. The molecule has 0 amide bonds. The van der Waals surface area contributed by atoms with Crippen molar-refractivity contribution in [1.29, 1.82) is 0 Å². The van der Waals surface area contributed by atoms with Gasteiger partial charge in [-0.05, 0) is 37.9 Å². The third kappa shape index (κ3) is 2.82. The SMILES string of the molecule is [2H]C1([2H])C=CCC([2H])([2H])C1CN1CCC(O)CC1. The van der Waals surface area contributed by atoms with Gasteiger partial charge in [-0.1, -0.05) is 12.2 Å². The largest absolute Gasteiger partial charge is 0.393 e. The van der Waals surface area contributed by atoms with E-state index in [4.69, 9.17) is 5.48 Å². The van der Waals surface area contributed by atoms with E-state index in [-0.39, 0.29) is 12.5 Å². The fourth-order valence-electron chi connectivity index (χ4n) is 1.99. The molecule has 0 saturated carbocycles. The smallest absolute Gasteiger partial charge is 0.0564 e. The Balaban J connectivity index is 2.04. The van der Waals surface area contributed by atoms with Crippen molar-refractivity contribution in [3.8, 4) is 0 Å². The molecule has 0 aromatic carbocycles. The second-order valence-electron chi connectivity index (χ2n) is 4.06. The minimum atomic E-state index is -1.59. The number of likely N-dealkylation sites (tertiary alicyclic amines) is 1. The molecule has 1 aliphatic carbocycles. The van der Waals surface area contributed by atoms with Crippen LogP contribution in [0.5, 0.6) is 0 Å². The molecule has 0 spiro atoms. The Hall–Kier alpha value is -0.340. The molecule has 0 aromatic heterocycles. The van der Waals surface area contributed by atoms with Crippen molar-refractivity contribution in [2.75, 3.05) is 19.6 Å². The Morgan fingerprint density at radius 1 is 1.36 bits per heavy atom. The quantitative estimate of drug-likeness (QED) is 0.686. The minimum absolute atomic E-state index is 0.249. The summed E-state index contributed by atoms with van der Waals surface area (Å²) in [5, 5.41) is 9.45.